The number of hydrogen-bond donors (Lipinski definition) is 2. The lowest BCUT2D eigenvalue weighted by molar-refractivity contribution is -0.116. The van der Waals surface area contributed by atoms with Crippen LogP contribution in [0.5, 0.6) is 0 Å². The minimum Gasteiger partial charge on any atom is -0.335 e. The lowest BCUT2D eigenvalue weighted by Crippen LogP contribution is -2.38. The SMILES string of the molecule is CC(C)CC(=O)Nc1cncc(-c2ccc3c(c2)c(-c2nc4c(-c5cccc(F)c5)cncc4[nH]2)nn3C(c2ccccc2)(c2ccccc2)c2ccccc2)c1. The number of pyridine rings is 2. The maximum Gasteiger partial charge on any atom is 0.224 e. The van der Waals surface area contributed by atoms with Gasteiger partial charge in [-0.1, -0.05) is 123 Å². The van der Waals surface area contributed by atoms with Gasteiger partial charge in [-0.15, -0.1) is 0 Å². The monoisotopic (exact) mass is 747 g/mol. The van der Waals surface area contributed by atoms with Crippen molar-refractivity contribution in [1.29, 1.82) is 0 Å². The number of aromatic amines is 1. The van der Waals surface area contributed by atoms with Gasteiger partial charge < -0.3 is 10.3 Å². The molecule has 0 aliphatic rings. The zero-order chi connectivity index (χ0) is 38.9. The first-order valence-corrected chi connectivity index (χ1v) is 18.9. The van der Waals surface area contributed by atoms with Crippen LogP contribution >= 0.6 is 0 Å². The minimum absolute atomic E-state index is 0.0565. The van der Waals surface area contributed by atoms with Gasteiger partial charge in [0, 0.05) is 35.3 Å². The standard InChI is InChI=1S/C48H38FN7O/c1-31(2)23-44(57)52-39-25-34(27-50-28-39)32-21-22-43-40(26-32)46(47-53-42-30-51-29-41(45(42)54-47)33-13-12-20-38(49)24-33)55-56(43)48(35-14-6-3-7-15-35,36-16-8-4-9-17-36)37-18-10-5-11-19-37/h3-22,24-31H,23H2,1-2H3,(H,52,57)(H,53,54). The number of amides is 1. The van der Waals surface area contributed by atoms with E-state index in [1.54, 1.807) is 30.9 Å². The Kier molecular flexibility index (Phi) is 9.18. The molecule has 5 aromatic carbocycles. The molecule has 0 saturated heterocycles. The third kappa shape index (κ3) is 6.53. The summed E-state index contributed by atoms with van der Waals surface area (Å²) >= 11 is 0. The Morgan fingerprint density at radius 2 is 1.39 bits per heavy atom. The molecule has 0 radical (unpaired) electrons. The van der Waals surface area contributed by atoms with E-state index >= 15 is 0 Å². The van der Waals surface area contributed by atoms with Crippen molar-refractivity contribution in [3.05, 3.63) is 187 Å². The van der Waals surface area contributed by atoms with Crippen LogP contribution in [-0.4, -0.2) is 35.6 Å². The average Bonchev–Trinajstić information content (AvgIpc) is 3.84. The van der Waals surface area contributed by atoms with Crippen LogP contribution in [-0.2, 0) is 10.3 Å². The molecule has 0 bridgehead atoms. The van der Waals surface area contributed by atoms with E-state index in [-0.39, 0.29) is 17.6 Å². The third-order valence-corrected chi connectivity index (χ3v) is 10.3. The highest BCUT2D eigenvalue weighted by Crippen LogP contribution is 2.44. The van der Waals surface area contributed by atoms with Crippen molar-refractivity contribution in [2.75, 3.05) is 5.32 Å². The molecular weight excluding hydrogens is 710 g/mol. The molecule has 0 aliphatic heterocycles. The fourth-order valence-electron chi connectivity index (χ4n) is 7.79. The van der Waals surface area contributed by atoms with Crippen molar-refractivity contribution in [1.82, 2.24) is 29.7 Å². The summed E-state index contributed by atoms with van der Waals surface area (Å²) in [6, 6.07) is 45.9. The van der Waals surface area contributed by atoms with Crippen LogP contribution in [0.4, 0.5) is 10.1 Å². The molecule has 0 spiro atoms. The Morgan fingerprint density at radius 1 is 0.719 bits per heavy atom. The molecule has 9 heteroatoms. The normalized spacial score (nSPS) is 11.7. The topological polar surface area (TPSA) is 101 Å². The number of fused-ring (bicyclic) bond motifs is 2. The maximum absolute atomic E-state index is 14.5. The molecule has 0 unspecified atom stereocenters. The fourth-order valence-corrected chi connectivity index (χ4v) is 7.79. The number of halogens is 1. The van der Waals surface area contributed by atoms with Crippen LogP contribution in [0.25, 0.3) is 55.7 Å². The predicted octanol–water partition coefficient (Wildman–Crippen LogP) is 10.7. The Morgan fingerprint density at radius 3 is 2.04 bits per heavy atom. The van der Waals surface area contributed by atoms with Gasteiger partial charge in [-0.3, -0.25) is 14.8 Å². The molecule has 9 aromatic rings. The highest BCUT2D eigenvalue weighted by molar-refractivity contribution is 5.99. The Bertz CT molecular complexity index is 2770. The van der Waals surface area contributed by atoms with E-state index in [0.717, 1.165) is 38.7 Å². The fraction of sp³-hybridized carbons (Fsp3) is 0.104. The molecule has 8 nitrogen and oxygen atoms in total. The van der Waals surface area contributed by atoms with E-state index < -0.39 is 5.54 Å². The summed E-state index contributed by atoms with van der Waals surface area (Å²) in [7, 11) is 0. The average molecular weight is 748 g/mol. The Hall–Kier alpha value is -7.26. The second kappa shape index (κ2) is 14.8. The quantitative estimate of drug-likeness (QED) is 0.136. The summed E-state index contributed by atoms with van der Waals surface area (Å²) in [4.78, 5) is 30.4. The summed E-state index contributed by atoms with van der Waals surface area (Å²) in [5.74, 6) is 0.369. The zero-order valence-electron chi connectivity index (χ0n) is 31.4. The van der Waals surface area contributed by atoms with Gasteiger partial charge in [0.05, 0.1) is 34.6 Å². The maximum atomic E-state index is 14.5. The Balaban J connectivity index is 1.32. The molecule has 0 atom stereocenters. The van der Waals surface area contributed by atoms with Crippen LogP contribution < -0.4 is 5.32 Å². The van der Waals surface area contributed by atoms with Gasteiger partial charge in [-0.05, 0) is 64.1 Å². The lowest BCUT2D eigenvalue weighted by Gasteiger charge is -2.37. The summed E-state index contributed by atoms with van der Waals surface area (Å²) < 4.78 is 16.6. The van der Waals surface area contributed by atoms with Gasteiger partial charge in [-0.25, -0.2) is 14.1 Å². The number of carbonyl (C=O) groups excluding carboxylic acids is 1. The van der Waals surface area contributed by atoms with Crippen LogP contribution in [0.3, 0.4) is 0 Å². The van der Waals surface area contributed by atoms with Gasteiger partial charge >= 0.3 is 0 Å². The van der Waals surface area contributed by atoms with Crippen LogP contribution in [0.2, 0.25) is 0 Å². The van der Waals surface area contributed by atoms with Crippen molar-refractivity contribution in [2.45, 2.75) is 25.8 Å². The number of H-pyrrole nitrogens is 1. The first kappa shape index (κ1) is 35.4. The summed E-state index contributed by atoms with van der Waals surface area (Å²) in [6.45, 7) is 4.04. The first-order chi connectivity index (χ1) is 27.9. The molecule has 0 saturated carbocycles. The van der Waals surface area contributed by atoms with E-state index in [1.165, 1.54) is 12.1 Å². The number of rotatable bonds is 10. The van der Waals surface area contributed by atoms with Crippen molar-refractivity contribution in [3.63, 3.8) is 0 Å². The van der Waals surface area contributed by atoms with Crippen LogP contribution in [0.1, 0.15) is 37.0 Å². The smallest absolute Gasteiger partial charge is 0.224 e. The molecule has 278 valence electrons. The van der Waals surface area contributed by atoms with Gasteiger partial charge in [0.15, 0.2) is 5.82 Å². The van der Waals surface area contributed by atoms with E-state index in [2.05, 4.69) is 116 Å². The van der Waals surface area contributed by atoms with Crippen molar-refractivity contribution >= 4 is 33.5 Å². The van der Waals surface area contributed by atoms with Gasteiger partial charge in [-0.2, -0.15) is 5.10 Å². The number of imidazole rings is 1. The number of hydrogen-bond acceptors (Lipinski definition) is 5. The van der Waals surface area contributed by atoms with Gasteiger partial charge in [0.25, 0.3) is 0 Å². The largest absolute Gasteiger partial charge is 0.335 e. The van der Waals surface area contributed by atoms with Crippen LogP contribution in [0.15, 0.2) is 164 Å². The zero-order valence-corrected chi connectivity index (χ0v) is 31.4. The third-order valence-electron chi connectivity index (χ3n) is 10.3. The summed E-state index contributed by atoms with van der Waals surface area (Å²) in [5, 5.41) is 9.41. The van der Waals surface area contributed by atoms with E-state index in [9.17, 15) is 9.18 Å². The molecular formula is C48H38FN7O. The summed E-state index contributed by atoms with van der Waals surface area (Å²) in [6.07, 6.45) is 7.31. The van der Waals surface area contributed by atoms with Gasteiger partial charge in [0.1, 0.15) is 17.1 Å². The highest BCUT2D eigenvalue weighted by Gasteiger charge is 2.41. The molecule has 0 fully saturated rings. The second-order valence-electron chi connectivity index (χ2n) is 14.6. The van der Waals surface area contributed by atoms with Crippen molar-refractivity contribution < 1.29 is 9.18 Å². The van der Waals surface area contributed by atoms with Crippen LogP contribution in [0, 0.1) is 11.7 Å². The Labute approximate surface area is 329 Å². The number of nitrogens with zero attached hydrogens (tertiary/aromatic N) is 5. The highest BCUT2D eigenvalue weighted by atomic mass is 19.1. The predicted molar refractivity (Wildman–Crippen MR) is 224 cm³/mol. The van der Waals surface area contributed by atoms with Crippen molar-refractivity contribution in [3.8, 4) is 33.8 Å². The number of nitrogens with one attached hydrogen (secondary N) is 2. The lowest BCUT2D eigenvalue weighted by atomic mass is 9.77. The molecule has 4 heterocycles. The number of anilines is 1. The number of benzene rings is 5. The van der Waals surface area contributed by atoms with E-state index in [4.69, 9.17) is 10.1 Å². The van der Waals surface area contributed by atoms with E-state index in [0.29, 0.717) is 45.8 Å². The van der Waals surface area contributed by atoms with Crippen molar-refractivity contribution in [2.24, 2.45) is 5.92 Å². The molecule has 9 rings (SSSR count). The molecule has 4 aromatic heterocycles. The second-order valence-corrected chi connectivity index (χ2v) is 14.6. The molecule has 57 heavy (non-hydrogen) atoms. The number of aromatic nitrogens is 6. The first-order valence-electron chi connectivity index (χ1n) is 18.9. The molecule has 2 N–H and O–H groups in total. The number of carbonyl (C=O) groups is 1. The molecule has 1 amide bonds. The van der Waals surface area contributed by atoms with E-state index in [1.807, 2.05) is 44.2 Å². The minimum atomic E-state index is -0.912. The summed E-state index contributed by atoms with van der Waals surface area (Å²) in [5.41, 5.74) is 8.72. The van der Waals surface area contributed by atoms with Gasteiger partial charge in [0.2, 0.25) is 5.91 Å². The molecule has 0 aliphatic carbocycles.